The summed E-state index contributed by atoms with van der Waals surface area (Å²) < 4.78 is 0. The Bertz CT molecular complexity index is 544. The van der Waals surface area contributed by atoms with Crippen LogP contribution in [0.15, 0.2) is 59.5 Å². The van der Waals surface area contributed by atoms with E-state index >= 15 is 0 Å². The van der Waals surface area contributed by atoms with Gasteiger partial charge in [0, 0.05) is 10.9 Å². The number of aliphatic hydroxyl groups excluding tert-OH is 1. The first kappa shape index (κ1) is 16.1. The van der Waals surface area contributed by atoms with E-state index in [1.807, 2.05) is 42.1 Å². The average Bonchev–Trinajstić information content (AvgIpc) is 2.54. The molecule has 2 unspecified atom stereocenters. The molecule has 0 saturated carbocycles. The SMILES string of the molecule is CCSc1ccccc1C(C)NC(CO)c1ccccc1. The predicted molar refractivity (Wildman–Crippen MR) is 90.7 cm³/mol. The highest BCUT2D eigenvalue weighted by Crippen LogP contribution is 2.28. The van der Waals surface area contributed by atoms with Gasteiger partial charge in [0.1, 0.15) is 0 Å². The summed E-state index contributed by atoms with van der Waals surface area (Å²) in [6.07, 6.45) is 0. The minimum atomic E-state index is -0.0408. The second-order valence-corrected chi connectivity index (χ2v) is 6.31. The van der Waals surface area contributed by atoms with E-state index in [-0.39, 0.29) is 18.7 Å². The normalized spacial score (nSPS) is 13.9. The number of benzene rings is 2. The molecule has 0 heterocycles. The molecule has 2 aromatic carbocycles. The zero-order valence-corrected chi connectivity index (χ0v) is 13.4. The molecule has 2 rings (SSSR count). The molecule has 0 radical (unpaired) electrons. The fourth-order valence-corrected chi connectivity index (χ4v) is 3.35. The molecular weight excluding hydrogens is 278 g/mol. The van der Waals surface area contributed by atoms with Crippen LogP contribution in [0.25, 0.3) is 0 Å². The molecule has 0 amide bonds. The maximum absolute atomic E-state index is 9.68. The highest BCUT2D eigenvalue weighted by molar-refractivity contribution is 7.99. The molecule has 0 bridgehead atoms. The third kappa shape index (κ3) is 4.34. The van der Waals surface area contributed by atoms with Gasteiger partial charge in [0.25, 0.3) is 0 Å². The highest BCUT2D eigenvalue weighted by Gasteiger charge is 2.16. The number of rotatable bonds is 7. The van der Waals surface area contributed by atoms with Crippen LogP contribution >= 0.6 is 11.8 Å². The van der Waals surface area contributed by atoms with E-state index in [1.165, 1.54) is 10.5 Å². The summed E-state index contributed by atoms with van der Waals surface area (Å²) in [6, 6.07) is 18.7. The molecular formula is C18H23NOS. The molecule has 0 aliphatic heterocycles. The third-order valence-electron chi connectivity index (χ3n) is 3.52. The highest BCUT2D eigenvalue weighted by atomic mass is 32.2. The molecule has 0 fully saturated rings. The van der Waals surface area contributed by atoms with Crippen molar-refractivity contribution in [2.24, 2.45) is 0 Å². The van der Waals surface area contributed by atoms with Gasteiger partial charge in [-0.25, -0.2) is 0 Å². The van der Waals surface area contributed by atoms with Crippen molar-refractivity contribution in [1.82, 2.24) is 5.32 Å². The largest absolute Gasteiger partial charge is 0.394 e. The van der Waals surface area contributed by atoms with Gasteiger partial charge in [-0.2, -0.15) is 0 Å². The van der Waals surface area contributed by atoms with Crippen molar-refractivity contribution in [3.63, 3.8) is 0 Å². The Hall–Kier alpha value is -1.29. The van der Waals surface area contributed by atoms with E-state index in [1.54, 1.807) is 0 Å². The van der Waals surface area contributed by atoms with Gasteiger partial charge < -0.3 is 10.4 Å². The molecule has 21 heavy (non-hydrogen) atoms. The lowest BCUT2D eigenvalue weighted by atomic mass is 10.0. The van der Waals surface area contributed by atoms with Gasteiger partial charge in [0.15, 0.2) is 0 Å². The van der Waals surface area contributed by atoms with Crippen LogP contribution in [0.1, 0.15) is 37.1 Å². The molecule has 3 heteroatoms. The summed E-state index contributed by atoms with van der Waals surface area (Å²) in [5, 5.41) is 13.2. The van der Waals surface area contributed by atoms with E-state index < -0.39 is 0 Å². The van der Waals surface area contributed by atoms with Crippen molar-refractivity contribution in [1.29, 1.82) is 0 Å². The standard InChI is InChI=1S/C18H23NOS/c1-3-21-18-12-8-7-11-16(18)14(2)19-17(13-20)15-9-5-4-6-10-15/h4-12,14,17,19-20H,3,13H2,1-2H3. The Morgan fingerprint density at radius 2 is 1.71 bits per heavy atom. The topological polar surface area (TPSA) is 32.3 Å². The fraction of sp³-hybridized carbons (Fsp3) is 0.333. The van der Waals surface area contributed by atoms with Crippen molar-refractivity contribution >= 4 is 11.8 Å². The Kier molecular flexibility index (Phi) is 6.30. The average molecular weight is 301 g/mol. The Balaban J connectivity index is 2.15. The lowest BCUT2D eigenvalue weighted by molar-refractivity contribution is 0.235. The Morgan fingerprint density at radius 3 is 2.38 bits per heavy atom. The summed E-state index contributed by atoms with van der Waals surface area (Å²) in [4.78, 5) is 1.31. The van der Waals surface area contributed by atoms with Gasteiger partial charge in [-0.05, 0) is 29.9 Å². The van der Waals surface area contributed by atoms with Crippen LogP contribution in [-0.4, -0.2) is 17.5 Å². The van der Waals surface area contributed by atoms with Gasteiger partial charge in [0.2, 0.25) is 0 Å². The van der Waals surface area contributed by atoms with Gasteiger partial charge >= 0.3 is 0 Å². The maximum Gasteiger partial charge on any atom is 0.0626 e. The number of hydrogen-bond acceptors (Lipinski definition) is 3. The molecule has 0 aromatic heterocycles. The lowest BCUT2D eigenvalue weighted by Crippen LogP contribution is -2.27. The second-order valence-electron chi connectivity index (χ2n) is 5.01. The van der Waals surface area contributed by atoms with Gasteiger partial charge in [-0.3, -0.25) is 0 Å². The van der Waals surface area contributed by atoms with Crippen LogP contribution < -0.4 is 5.32 Å². The summed E-state index contributed by atoms with van der Waals surface area (Å²) in [5.74, 6) is 1.06. The number of thioether (sulfide) groups is 1. The molecule has 2 N–H and O–H groups in total. The molecule has 0 aliphatic carbocycles. The maximum atomic E-state index is 9.68. The van der Waals surface area contributed by atoms with Crippen LogP contribution in [-0.2, 0) is 0 Å². The number of nitrogens with one attached hydrogen (secondary N) is 1. The van der Waals surface area contributed by atoms with Gasteiger partial charge in [0.05, 0.1) is 12.6 Å². The van der Waals surface area contributed by atoms with Gasteiger partial charge in [-0.15, -0.1) is 11.8 Å². The van der Waals surface area contributed by atoms with E-state index in [0.717, 1.165) is 11.3 Å². The first-order valence-electron chi connectivity index (χ1n) is 7.39. The van der Waals surface area contributed by atoms with E-state index in [4.69, 9.17) is 0 Å². The summed E-state index contributed by atoms with van der Waals surface area (Å²) >= 11 is 1.86. The smallest absolute Gasteiger partial charge is 0.0626 e. The molecule has 0 aliphatic rings. The Labute approximate surface area is 131 Å². The molecule has 2 nitrogen and oxygen atoms in total. The van der Waals surface area contributed by atoms with Crippen LogP contribution in [0.5, 0.6) is 0 Å². The van der Waals surface area contributed by atoms with E-state index in [2.05, 4.69) is 43.4 Å². The van der Waals surface area contributed by atoms with Crippen LogP contribution in [0.3, 0.4) is 0 Å². The van der Waals surface area contributed by atoms with Crippen LogP contribution in [0, 0.1) is 0 Å². The Morgan fingerprint density at radius 1 is 1.05 bits per heavy atom. The summed E-state index contributed by atoms with van der Waals surface area (Å²) in [6.45, 7) is 4.41. The molecule has 0 spiro atoms. The van der Waals surface area contributed by atoms with Crippen LogP contribution in [0.2, 0.25) is 0 Å². The van der Waals surface area contributed by atoms with Crippen molar-refractivity contribution in [3.8, 4) is 0 Å². The molecule has 0 saturated heterocycles. The number of aliphatic hydroxyl groups is 1. The second kappa shape index (κ2) is 8.23. The van der Waals surface area contributed by atoms with Crippen molar-refractivity contribution < 1.29 is 5.11 Å². The zero-order valence-electron chi connectivity index (χ0n) is 12.6. The van der Waals surface area contributed by atoms with Crippen molar-refractivity contribution in [2.45, 2.75) is 30.8 Å². The number of hydrogen-bond donors (Lipinski definition) is 2. The minimum Gasteiger partial charge on any atom is -0.394 e. The first-order chi connectivity index (χ1) is 10.3. The van der Waals surface area contributed by atoms with E-state index in [0.29, 0.717) is 0 Å². The predicted octanol–water partition coefficient (Wildman–Crippen LogP) is 4.18. The molecule has 2 atom stereocenters. The summed E-state index contributed by atoms with van der Waals surface area (Å²) in [5.41, 5.74) is 2.41. The molecule has 2 aromatic rings. The monoisotopic (exact) mass is 301 g/mol. The van der Waals surface area contributed by atoms with E-state index in [9.17, 15) is 5.11 Å². The lowest BCUT2D eigenvalue weighted by Gasteiger charge is -2.24. The zero-order chi connectivity index (χ0) is 15.1. The van der Waals surface area contributed by atoms with Gasteiger partial charge in [-0.1, -0.05) is 55.5 Å². The minimum absolute atomic E-state index is 0.0408. The summed E-state index contributed by atoms with van der Waals surface area (Å²) in [7, 11) is 0. The van der Waals surface area contributed by atoms with Crippen molar-refractivity contribution in [3.05, 3.63) is 65.7 Å². The molecule has 112 valence electrons. The van der Waals surface area contributed by atoms with Crippen molar-refractivity contribution in [2.75, 3.05) is 12.4 Å². The first-order valence-corrected chi connectivity index (χ1v) is 8.38. The quantitative estimate of drug-likeness (QED) is 0.752. The fourth-order valence-electron chi connectivity index (χ4n) is 2.46. The van der Waals surface area contributed by atoms with Crippen LogP contribution in [0.4, 0.5) is 0 Å². The third-order valence-corrected chi connectivity index (χ3v) is 4.49.